The van der Waals surface area contributed by atoms with Crippen molar-refractivity contribution in [3.8, 4) is 5.75 Å². The minimum absolute atomic E-state index is 0.0660. The van der Waals surface area contributed by atoms with Crippen molar-refractivity contribution < 1.29 is 43.2 Å². The predicted octanol–water partition coefficient (Wildman–Crippen LogP) is 1.01. The van der Waals surface area contributed by atoms with E-state index in [2.05, 4.69) is 20.1 Å². The van der Waals surface area contributed by atoms with Crippen LogP contribution < -0.4 is 15.4 Å². The van der Waals surface area contributed by atoms with Crippen LogP contribution in [0.4, 0.5) is 4.79 Å². The molecule has 2 atom stereocenters. The lowest BCUT2D eigenvalue weighted by Gasteiger charge is -2.22. The standard InChI is InChI=1S/C25H30N2O9/c1-33-22(29)15-36-21-10-9-17(12-19(21)24(31)34-2)11-18(14-28)26-23(30)20(27-25(32)35-3)13-16-7-5-4-6-8-16/h4-10,12,18,20,28H,11,13-15H2,1-3H3,(H,26,30)(H,27,32). The predicted molar refractivity (Wildman–Crippen MR) is 127 cm³/mol. The molecule has 2 aromatic rings. The summed E-state index contributed by atoms with van der Waals surface area (Å²) in [5, 5.41) is 15.1. The quantitative estimate of drug-likeness (QED) is 0.285. The molecule has 0 saturated heterocycles. The van der Waals surface area contributed by atoms with Gasteiger partial charge in [0.15, 0.2) is 6.61 Å². The number of amides is 2. The molecule has 0 radical (unpaired) electrons. The average molecular weight is 503 g/mol. The van der Waals surface area contributed by atoms with Crippen molar-refractivity contribution in [3.63, 3.8) is 0 Å². The van der Waals surface area contributed by atoms with Gasteiger partial charge in [0.25, 0.3) is 0 Å². The maximum absolute atomic E-state index is 13.0. The summed E-state index contributed by atoms with van der Waals surface area (Å²) in [6.07, 6.45) is -0.407. The SMILES string of the molecule is COC(=O)COc1ccc(CC(CO)NC(=O)C(Cc2ccccc2)NC(=O)OC)cc1C(=O)OC. The lowest BCUT2D eigenvalue weighted by atomic mass is 10.0. The van der Waals surface area contributed by atoms with Crippen LogP contribution in [-0.2, 0) is 36.6 Å². The van der Waals surface area contributed by atoms with E-state index in [-0.39, 0.29) is 24.2 Å². The highest BCUT2D eigenvalue weighted by molar-refractivity contribution is 5.93. The summed E-state index contributed by atoms with van der Waals surface area (Å²) in [6, 6.07) is 12.0. The maximum atomic E-state index is 13.0. The van der Waals surface area contributed by atoms with E-state index in [1.54, 1.807) is 6.07 Å². The fourth-order valence-electron chi connectivity index (χ4n) is 3.30. The van der Waals surface area contributed by atoms with E-state index in [1.165, 1.54) is 33.5 Å². The van der Waals surface area contributed by atoms with E-state index in [0.717, 1.165) is 5.56 Å². The number of nitrogens with one attached hydrogen (secondary N) is 2. The molecule has 194 valence electrons. The highest BCUT2D eigenvalue weighted by Gasteiger charge is 2.25. The van der Waals surface area contributed by atoms with Crippen molar-refractivity contribution in [3.05, 3.63) is 65.2 Å². The van der Waals surface area contributed by atoms with Crippen LogP contribution in [-0.4, -0.2) is 75.7 Å². The molecule has 0 fully saturated rings. The first kappa shape index (κ1) is 28.1. The molecule has 0 heterocycles. The molecular formula is C25H30N2O9. The number of carbonyl (C=O) groups is 4. The van der Waals surface area contributed by atoms with Crippen molar-refractivity contribution in [1.82, 2.24) is 10.6 Å². The second-order valence-electron chi connectivity index (χ2n) is 7.66. The molecule has 0 bridgehead atoms. The van der Waals surface area contributed by atoms with Crippen LogP contribution in [0.1, 0.15) is 21.5 Å². The molecule has 2 amide bonds. The van der Waals surface area contributed by atoms with Crippen LogP contribution in [0.5, 0.6) is 5.75 Å². The van der Waals surface area contributed by atoms with E-state index >= 15 is 0 Å². The van der Waals surface area contributed by atoms with Gasteiger partial charge in [-0.1, -0.05) is 36.4 Å². The first-order valence-corrected chi connectivity index (χ1v) is 11.0. The smallest absolute Gasteiger partial charge is 0.407 e. The van der Waals surface area contributed by atoms with Gasteiger partial charge < -0.3 is 34.7 Å². The van der Waals surface area contributed by atoms with Gasteiger partial charge in [0, 0.05) is 6.42 Å². The fourth-order valence-corrected chi connectivity index (χ4v) is 3.30. The van der Waals surface area contributed by atoms with Crippen LogP contribution in [0.15, 0.2) is 48.5 Å². The van der Waals surface area contributed by atoms with Crippen molar-refractivity contribution >= 4 is 23.9 Å². The third-order valence-corrected chi connectivity index (χ3v) is 5.15. The van der Waals surface area contributed by atoms with E-state index in [9.17, 15) is 24.3 Å². The number of aliphatic hydroxyl groups excluding tert-OH is 1. The number of hydrogen-bond acceptors (Lipinski definition) is 9. The van der Waals surface area contributed by atoms with E-state index in [0.29, 0.717) is 5.56 Å². The van der Waals surface area contributed by atoms with Crippen LogP contribution in [0, 0.1) is 0 Å². The minimum atomic E-state index is -0.950. The summed E-state index contributed by atoms with van der Waals surface area (Å²) in [6.45, 7) is -0.804. The minimum Gasteiger partial charge on any atom is -0.481 e. The zero-order valence-electron chi connectivity index (χ0n) is 20.3. The first-order valence-electron chi connectivity index (χ1n) is 11.0. The number of alkyl carbamates (subject to hydrolysis) is 1. The lowest BCUT2D eigenvalue weighted by Crippen LogP contribution is -2.52. The molecule has 0 aromatic heterocycles. The molecule has 2 rings (SSSR count). The number of esters is 2. The Hall–Kier alpha value is -4.12. The van der Waals surface area contributed by atoms with Gasteiger partial charge in [0.05, 0.1) is 34.0 Å². The molecule has 0 saturated carbocycles. The topological polar surface area (TPSA) is 149 Å². The summed E-state index contributed by atoms with van der Waals surface area (Å²) in [7, 11) is 3.61. The molecule has 0 spiro atoms. The zero-order valence-corrected chi connectivity index (χ0v) is 20.3. The second kappa shape index (κ2) is 14.3. The van der Waals surface area contributed by atoms with Gasteiger partial charge in [-0.15, -0.1) is 0 Å². The lowest BCUT2D eigenvalue weighted by molar-refractivity contribution is -0.142. The average Bonchev–Trinajstić information content (AvgIpc) is 2.91. The number of carbonyl (C=O) groups excluding carboxylic acids is 4. The maximum Gasteiger partial charge on any atom is 0.407 e. The van der Waals surface area contributed by atoms with Gasteiger partial charge in [0.2, 0.25) is 5.91 Å². The summed E-state index contributed by atoms with van der Waals surface area (Å²) in [5.74, 6) is -1.71. The number of benzene rings is 2. The van der Waals surface area contributed by atoms with Gasteiger partial charge in [-0.25, -0.2) is 14.4 Å². The summed E-state index contributed by atoms with van der Waals surface area (Å²) in [5.41, 5.74) is 1.47. The molecule has 2 aromatic carbocycles. The van der Waals surface area contributed by atoms with E-state index in [4.69, 9.17) is 9.47 Å². The number of ether oxygens (including phenoxy) is 4. The number of rotatable bonds is 12. The zero-order chi connectivity index (χ0) is 26.5. The summed E-state index contributed by atoms with van der Waals surface area (Å²) in [4.78, 5) is 48.4. The normalized spacial score (nSPS) is 12.0. The Kier molecular flexibility index (Phi) is 11.2. The van der Waals surface area contributed by atoms with Crippen LogP contribution in [0.3, 0.4) is 0 Å². The molecule has 0 aliphatic carbocycles. The third kappa shape index (κ3) is 8.58. The number of methoxy groups -OCH3 is 3. The van der Waals surface area contributed by atoms with Crippen LogP contribution in [0.25, 0.3) is 0 Å². The molecule has 2 unspecified atom stereocenters. The monoisotopic (exact) mass is 502 g/mol. The summed E-state index contributed by atoms with van der Waals surface area (Å²) >= 11 is 0. The van der Waals surface area contributed by atoms with Gasteiger partial charge >= 0.3 is 18.0 Å². The Morgan fingerprint density at radius 2 is 1.58 bits per heavy atom. The molecule has 3 N–H and O–H groups in total. The second-order valence-corrected chi connectivity index (χ2v) is 7.66. The van der Waals surface area contributed by atoms with Gasteiger partial charge in [-0.2, -0.15) is 0 Å². The Morgan fingerprint density at radius 1 is 0.861 bits per heavy atom. The van der Waals surface area contributed by atoms with E-state index < -0.39 is 49.2 Å². The fraction of sp³-hybridized carbons (Fsp3) is 0.360. The highest BCUT2D eigenvalue weighted by atomic mass is 16.6. The molecular weight excluding hydrogens is 472 g/mol. The van der Waals surface area contributed by atoms with Crippen LogP contribution >= 0.6 is 0 Å². The highest BCUT2D eigenvalue weighted by Crippen LogP contribution is 2.22. The van der Waals surface area contributed by atoms with Crippen molar-refractivity contribution in [2.24, 2.45) is 0 Å². The van der Waals surface area contributed by atoms with Gasteiger partial charge in [0.1, 0.15) is 17.4 Å². The van der Waals surface area contributed by atoms with Crippen molar-refractivity contribution in [2.75, 3.05) is 34.5 Å². The number of hydrogen-bond donors (Lipinski definition) is 3. The number of aliphatic hydroxyl groups is 1. The first-order chi connectivity index (χ1) is 17.3. The summed E-state index contributed by atoms with van der Waals surface area (Å²) < 4.78 is 19.3. The van der Waals surface area contributed by atoms with Crippen LogP contribution in [0.2, 0.25) is 0 Å². The molecule has 11 heteroatoms. The van der Waals surface area contributed by atoms with Crippen molar-refractivity contribution in [2.45, 2.75) is 24.9 Å². The van der Waals surface area contributed by atoms with Crippen molar-refractivity contribution in [1.29, 1.82) is 0 Å². The molecule has 36 heavy (non-hydrogen) atoms. The largest absolute Gasteiger partial charge is 0.481 e. The molecule has 11 nitrogen and oxygen atoms in total. The molecule has 0 aliphatic rings. The molecule has 0 aliphatic heterocycles. The van der Waals surface area contributed by atoms with Gasteiger partial charge in [-0.3, -0.25) is 4.79 Å². The van der Waals surface area contributed by atoms with Gasteiger partial charge in [-0.05, 0) is 29.7 Å². The third-order valence-electron chi connectivity index (χ3n) is 5.15. The van der Waals surface area contributed by atoms with E-state index in [1.807, 2.05) is 30.3 Å². The Bertz CT molecular complexity index is 1040. The Morgan fingerprint density at radius 3 is 2.19 bits per heavy atom. The Labute approximate surface area is 208 Å². The Balaban J connectivity index is 2.16.